The molecule has 1 fully saturated rings. The lowest BCUT2D eigenvalue weighted by atomic mass is 10.0. The predicted octanol–water partition coefficient (Wildman–Crippen LogP) is 3.54. The molecular formula is C19H25N3OS. The van der Waals surface area contributed by atoms with Crippen LogP contribution < -0.4 is 10.6 Å². The van der Waals surface area contributed by atoms with Crippen LogP contribution in [-0.4, -0.2) is 17.4 Å². The van der Waals surface area contributed by atoms with Gasteiger partial charge in [-0.3, -0.25) is 10.1 Å². The lowest BCUT2D eigenvalue weighted by Gasteiger charge is -2.25. The highest BCUT2D eigenvalue weighted by Crippen LogP contribution is 2.40. The van der Waals surface area contributed by atoms with Crippen LogP contribution in [0.15, 0.2) is 35.7 Å². The summed E-state index contributed by atoms with van der Waals surface area (Å²) in [7, 11) is 0. The Kier molecular flexibility index (Phi) is 5.01. The molecular weight excluding hydrogens is 318 g/mol. The molecule has 2 N–H and O–H groups in total. The molecule has 2 aromatic rings. The van der Waals surface area contributed by atoms with Crippen molar-refractivity contribution in [1.29, 1.82) is 0 Å². The van der Waals surface area contributed by atoms with E-state index in [9.17, 15) is 4.79 Å². The zero-order chi connectivity index (χ0) is 17.2. The topological polar surface area (TPSA) is 54.0 Å². The fourth-order valence-electron chi connectivity index (χ4n) is 2.81. The molecule has 1 aliphatic carbocycles. The van der Waals surface area contributed by atoms with E-state index in [0.717, 1.165) is 10.7 Å². The molecule has 1 aromatic carbocycles. The number of aryl methyl sites for hydroxylation is 1. The number of nitrogens with zero attached hydrogens (tertiary/aromatic N) is 1. The Morgan fingerprint density at radius 3 is 2.62 bits per heavy atom. The molecule has 0 bridgehead atoms. The molecule has 4 nitrogen and oxygen atoms in total. The first kappa shape index (κ1) is 17.1. The highest BCUT2D eigenvalue weighted by atomic mass is 32.1. The van der Waals surface area contributed by atoms with E-state index in [1.165, 1.54) is 18.4 Å². The van der Waals surface area contributed by atoms with Gasteiger partial charge >= 0.3 is 0 Å². The highest BCUT2D eigenvalue weighted by Gasteiger charge is 2.33. The number of aromatic nitrogens is 1. The van der Waals surface area contributed by atoms with E-state index in [4.69, 9.17) is 0 Å². The van der Waals surface area contributed by atoms with Gasteiger partial charge in [0.15, 0.2) is 0 Å². The molecule has 0 aliphatic heterocycles. The first-order chi connectivity index (χ1) is 11.5. The Labute approximate surface area is 147 Å². The standard InChI is InChI=1S/C19H25N3OS/c1-13-12-24-18(21-13)19(2,3)20-11-16(23)22-17(15-9-10-15)14-7-5-4-6-8-14/h4-8,12,15,17,20H,9-11H2,1-3H3,(H,22,23)/t17-/m1/s1. The second-order valence-corrected chi connectivity index (χ2v) is 7.92. The van der Waals surface area contributed by atoms with Crippen molar-refractivity contribution in [2.75, 3.05) is 6.54 Å². The Bertz CT molecular complexity index is 692. The van der Waals surface area contributed by atoms with Crippen molar-refractivity contribution in [1.82, 2.24) is 15.6 Å². The van der Waals surface area contributed by atoms with Gasteiger partial charge in [-0.25, -0.2) is 4.98 Å². The minimum absolute atomic E-state index is 0.0390. The molecule has 1 atom stereocenters. The second kappa shape index (κ2) is 7.03. The maximum atomic E-state index is 12.5. The molecule has 128 valence electrons. The smallest absolute Gasteiger partial charge is 0.234 e. The first-order valence-corrected chi connectivity index (χ1v) is 9.35. The van der Waals surface area contributed by atoms with Crippen LogP contribution in [0, 0.1) is 12.8 Å². The molecule has 0 spiro atoms. The van der Waals surface area contributed by atoms with Crippen molar-refractivity contribution in [2.45, 2.75) is 45.2 Å². The largest absolute Gasteiger partial charge is 0.348 e. The molecule has 1 amide bonds. The summed E-state index contributed by atoms with van der Waals surface area (Å²) in [4.78, 5) is 17.0. The summed E-state index contributed by atoms with van der Waals surface area (Å²) < 4.78 is 0. The average Bonchev–Trinajstić information content (AvgIpc) is 3.31. The second-order valence-electron chi connectivity index (χ2n) is 7.07. The fourth-order valence-corrected chi connectivity index (χ4v) is 3.70. The highest BCUT2D eigenvalue weighted by molar-refractivity contribution is 7.09. The summed E-state index contributed by atoms with van der Waals surface area (Å²) in [5.41, 5.74) is 1.91. The Morgan fingerprint density at radius 2 is 2.04 bits per heavy atom. The van der Waals surface area contributed by atoms with Crippen LogP contribution in [0.3, 0.4) is 0 Å². The maximum Gasteiger partial charge on any atom is 0.234 e. The molecule has 3 rings (SSSR count). The number of carbonyl (C=O) groups is 1. The van der Waals surface area contributed by atoms with Gasteiger partial charge in [-0.2, -0.15) is 0 Å². The Morgan fingerprint density at radius 1 is 1.33 bits per heavy atom. The minimum atomic E-state index is -0.307. The van der Waals surface area contributed by atoms with E-state index in [-0.39, 0.29) is 17.5 Å². The molecule has 0 saturated heterocycles. The minimum Gasteiger partial charge on any atom is -0.348 e. The van der Waals surface area contributed by atoms with Crippen LogP contribution in [0.2, 0.25) is 0 Å². The average molecular weight is 343 g/mol. The molecule has 1 heterocycles. The number of benzene rings is 1. The summed E-state index contributed by atoms with van der Waals surface area (Å²) >= 11 is 1.63. The van der Waals surface area contributed by atoms with Crippen molar-refractivity contribution in [3.63, 3.8) is 0 Å². The van der Waals surface area contributed by atoms with Crippen molar-refractivity contribution in [3.8, 4) is 0 Å². The van der Waals surface area contributed by atoms with Gasteiger partial charge in [0.05, 0.1) is 18.1 Å². The van der Waals surface area contributed by atoms with E-state index in [1.54, 1.807) is 11.3 Å². The van der Waals surface area contributed by atoms with Crippen molar-refractivity contribution in [3.05, 3.63) is 52.0 Å². The summed E-state index contributed by atoms with van der Waals surface area (Å²) in [6.07, 6.45) is 2.38. The van der Waals surface area contributed by atoms with Gasteiger partial charge in [0.25, 0.3) is 0 Å². The van der Waals surface area contributed by atoms with Gasteiger partial charge in [-0.1, -0.05) is 30.3 Å². The monoisotopic (exact) mass is 343 g/mol. The Balaban J connectivity index is 1.58. The van der Waals surface area contributed by atoms with E-state index in [0.29, 0.717) is 12.5 Å². The van der Waals surface area contributed by atoms with E-state index in [1.807, 2.05) is 30.5 Å². The van der Waals surface area contributed by atoms with Gasteiger partial charge in [0.1, 0.15) is 5.01 Å². The predicted molar refractivity (Wildman–Crippen MR) is 97.9 cm³/mol. The fraction of sp³-hybridized carbons (Fsp3) is 0.474. The SMILES string of the molecule is Cc1csc(C(C)(C)NCC(=O)N[C@H](c2ccccc2)C2CC2)n1. The molecule has 5 heteroatoms. The molecule has 24 heavy (non-hydrogen) atoms. The lowest BCUT2D eigenvalue weighted by molar-refractivity contribution is -0.121. The van der Waals surface area contributed by atoms with Gasteiger partial charge in [-0.15, -0.1) is 11.3 Å². The van der Waals surface area contributed by atoms with Gasteiger partial charge < -0.3 is 5.32 Å². The van der Waals surface area contributed by atoms with Crippen LogP contribution >= 0.6 is 11.3 Å². The summed E-state index contributed by atoms with van der Waals surface area (Å²) in [5, 5.41) is 9.59. The summed E-state index contributed by atoms with van der Waals surface area (Å²) in [6, 6.07) is 10.4. The molecule has 1 saturated carbocycles. The van der Waals surface area contributed by atoms with Gasteiger partial charge in [0.2, 0.25) is 5.91 Å². The number of nitrogens with one attached hydrogen (secondary N) is 2. The maximum absolute atomic E-state index is 12.5. The number of amides is 1. The first-order valence-electron chi connectivity index (χ1n) is 8.47. The number of carbonyl (C=O) groups excluding carboxylic acids is 1. The normalized spacial score (nSPS) is 16.0. The van der Waals surface area contributed by atoms with E-state index in [2.05, 4.69) is 41.6 Å². The van der Waals surface area contributed by atoms with E-state index < -0.39 is 0 Å². The lowest BCUT2D eigenvalue weighted by Crippen LogP contribution is -2.44. The Hall–Kier alpha value is -1.72. The van der Waals surface area contributed by atoms with Crippen LogP contribution in [0.1, 0.15) is 49.0 Å². The number of hydrogen-bond donors (Lipinski definition) is 2. The quantitative estimate of drug-likeness (QED) is 0.808. The number of thiazole rings is 1. The van der Waals surface area contributed by atoms with Crippen molar-refractivity contribution < 1.29 is 4.79 Å². The zero-order valence-corrected chi connectivity index (χ0v) is 15.3. The molecule has 0 unspecified atom stereocenters. The van der Waals surface area contributed by atoms with Gasteiger partial charge in [-0.05, 0) is 45.1 Å². The van der Waals surface area contributed by atoms with Crippen LogP contribution in [0.25, 0.3) is 0 Å². The summed E-state index contributed by atoms with van der Waals surface area (Å²) in [6.45, 7) is 6.41. The molecule has 1 aromatic heterocycles. The third kappa shape index (κ3) is 4.22. The third-order valence-electron chi connectivity index (χ3n) is 4.41. The van der Waals surface area contributed by atoms with Crippen molar-refractivity contribution >= 4 is 17.2 Å². The van der Waals surface area contributed by atoms with Crippen LogP contribution in [0.5, 0.6) is 0 Å². The van der Waals surface area contributed by atoms with Crippen molar-refractivity contribution in [2.24, 2.45) is 5.92 Å². The van der Waals surface area contributed by atoms with Crippen LogP contribution in [0.4, 0.5) is 0 Å². The number of hydrogen-bond acceptors (Lipinski definition) is 4. The molecule has 1 aliphatic rings. The van der Waals surface area contributed by atoms with Gasteiger partial charge in [0, 0.05) is 11.1 Å². The third-order valence-corrected chi connectivity index (χ3v) is 5.70. The zero-order valence-electron chi connectivity index (χ0n) is 14.5. The summed E-state index contributed by atoms with van der Waals surface area (Å²) in [5.74, 6) is 0.614. The van der Waals surface area contributed by atoms with E-state index >= 15 is 0 Å². The number of rotatable bonds is 7. The molecule has 0 radical (unpaired) electrons. The van der Waals surface area contributed by atoms with Crippen LogP contribution in [-0.2, 0) is 10.3 Å².